The van der Waals surface area contributed by atoms with Gasteiger partial charge in [-0.15, -0.1) is 0 Å². The molecule has 2 rings (SSSR count). The largest absolute Gasteiger partial charge is 0.261 e. The zero-order chi connectivity index (χ0) is 9.10. The molecule has 0 saturated heterocycles. The third-order valence-corrected chi connectivity index (χ3v) is 2.22. The third-order valence-electron chi connectivity index (χ3n) is 1.98. The molecule has 3 nitrogen and oxygen atoms in total. The van der Waals surface area contributed by atoms with E-state index in [1.54, 1.807) is 18.3 Å². The molecule has 0 radical (unpaired) electrons. The van der Waals surface area contributed by atoms with Gasteiger partial charge in [0.25, 0.3) is 0 Å². The molecule has 0 aromatic carbocycles. The van der Waals surface area contributed by atoms with E-state index in [4.69, 9.17) is 11.6 Å². The number of hydrogen-bond acceptors (Lipinski definition) is 3. The molecule has 1 aliphatic carbocycles. The van der Waals surface area contributed by atoms with Crippen LogP contribution in [-0.2, 0) is 0 Å². The van der Waals surface area contributed by atoms with Crippen LogP contribution in [0.25, 0.3) is 0 Å². The van der Waals surface area contributed by atoms with Crippen molar-refractivity contribution in [3.05, 3.63) is 23.4 Å². The highest BCUT2D eigenvalue weighted by Crippen LogP contribution is 2.16. The smallest absolute Gasteiger partial charge is 0.147 e. The van der Waals surface area contributed by atoms with Crippen LogP contribution in [0, 0.1) is 0 Å². The molecule has 0 bridgehead atoms. The Bertz CT molecular complexity index is 329. The van der Waals surface area contributed by atoms with Gasteiger partial charge in [-0.2, -0.15) is 5.10 Å². The highest BCUT2D eigenvalue weighted by atomic mass is 35.5. The lowest BCUT2D eigenvalue weighted by Crippen LogP contribution is -2.11. The first-order valence-corrected chi connectivity index (χ1v) is 4.65. The van der Waals surface area contributed by atoms with E-state index < -0.39 is 0 Å². The summed E-state index contributed by atoms with van der Waals surface area (Å²) in [7, 11) is 0. The number of pyridine rings is 1. The molecular formula is C9H10ClN3. The summed E-state index contributed by atoms with van der Waals surface area (Å²) in [6.07, 6.45) is 5.12. The monoisotopic (exact) mass is 195 g/mol. The van der Waals surface area contributed by atoms with Crippen LogP contribution in [0.3, 0.4) is 0 Å². The van der Waals surface area contributed by atoms with Gasteiger partial charge in [-0.3, -0.25) is 5.43 Å². The summed E-state index contributed by atoms with van der Waals surface area (Å²) in [5.41, 5.74) is 4.09. The summed E-state index contributed by atoms with van der Waals surface area (Å²) >= 11 is 5.78. The number of hydrogen-bond donors (Lipinski definition) is 1. The lowest BCUT2D eigenvalue weighted by Gasteiger charge is -2.13. The number of halogens is 1. The molecule has 68 valence electrons. The maximum atomic E-state index is 5.78. The van der Waals surface area contributed by atoms with E-state index >= 15 is 0 Å². The molecule has 1 heterocycles. The van der Waals surface area contributed by atoms with Crippen LogP contribution in [0.4, 0.5) is 5.82 Å². The fraction of sp³-hybridized carbons (Fsp3) is 0.333. The number of anilines is 1. The molecule has 0 amide bonds. The van der Waals surface area contributed by atoms with E-state index in [2.05, 4.69) is 15.5 Å². The molecule has 1 aromatic rings. The second-order valence-corrected chi connectivity index (χ2v) is 3.44. The lowest BCUT2D eigenvalue weighted by atomic mass is 9.98. The lowest BCUT2D eigenvalue weighted by molar-refractivity contribution is 0.798. The Balaban J connectivity index is 2.01. The van der Waals surface area contributed by atoms with Crippen molar-refractivity contribution in [3.8, 4) is 0 Å². The van der Waals surface area contributed by atoms with Gasteiger partial charge >= 0.3 is 0 Å². The first kappa shape index (κ1) is 8.51. The number of hydrazone groups is 1. The van der Waals surface area contributed by atoms with Crippen molar-refractivity contribution in [2.75, 3.05) is 5.43 Å². The van der Waals surface area contributed by atoms with Gasteiger partial charge in [-0.1, -0.05) is 11.6 Å². The van der Waals surface area contributed by atoms with Crippen LogP contribution in [0.5, 0.6) is 0 Å². The van der Waals surface area contributed by atoms with E-state index in [-0.39, 0.29) is 0 Å². The standard InChI is InChI=1S/C9H10ClN3/c10-7-4-5-11-9(6-7)13-12-8-2-1-3-8/h4-6H,1-3H2,(H,11,13). The Morgan fingerprint density at radius 3 is 2.92 bits per heavy atom. The fourth-order valence-corrected chi connectivity index (χ4v) is 1.21. The molecule has 4 heteroatoms. The number of rotatable bonds is 2. The average molecular weight is 196 g/mol. The van der Waals surface area contributed by atoms with Gasteiger partial charge in [0.2, 0.25) is 0 Å². The summed E-state index contributed by atoms with van der Waals surface area (Å²) in [6.45, 7) is 0. The molecule has 1 aliphatic rings. The maximum Gasteiger partial charge on any atom is 0.147 e. The molecule has 0 atom stereocenters. The van der Waals surface area contributed by atoms with E-state index in [1.165, 1.54) is 12.1 Å². The van der Waals surface area contributed by atoms with Crippen molar-refractivity contribution in [1.29, 1.82) is 0 Å². The number of nitrogens with one attached hydrogen (secondary N) is 1. The van der Waals surface area contributed by atoms with Crippen LogP contribution in [-0.4, -0.2) is 10.7 Å². The summed E-state index contributed by atoms with van der Waals surface area (Å²) < 4.78 is 0. The SMILES string of the molecule is Clc1ccnc(NN=C2CCC2)c1. The maximum absolute atomic E-state index is 5.78. The summed E-state index contributed by atoms with van der Waals surface area (Å²) in [6, 6.07) is 3.49. The Labute approximate surface area is 81.8 Å². The van der Waals surface area contributed by atoms with Crippen molar-refractivity contribution < 1.29 is 0 Å². The quantitative estimate of drug-likeness (QED) is 0.737. The number of nitrogens with zero attached hydrogens (tertiary/aromatic N) is 2. The summed E-state index contributed by atoms with van der Waals surface area (Å²) in [4.78, 5) is 4.07. The molecule has 0 aliphatic heterocycles. The summed E-state index contributed by atoms with van der Waals surface area (Å²) in [5.74, 6) is 0.701. The molecule has 1 aromatic heterocycles. The second-order valence-electron chi connectivity index (χ2n) is 3.00. The fourth-order valence-electron chi connectivity index (χ4n) is 1.05. The Morgan fingerprint density at radius 1 is 1.46 bits per heavy atom. The van der Waals surface area contributed by atoms with Gasteiger partial charge in [0, 0.05) is 23.0 Å². The average Bonchev–Trinajstić information content (AvgIpc) is 2.01. The molecule has 13 heavy (non-hydrogen) atoms. The zero-order valence-electron chi connectivity index (χ0n) is 7.13. The van der Waals surface area contributed by atoms with Gasteiger partial charge in [-0.25, -0.2) is 4.98 Å². The first-order valence-electron chi connectivity index (χ1n) is 4.27. The van der Waals surface area contributed by atoms with Crippen LogP contribution < -0.4 is 5.43 Å². The topological polar surface area (TPSA) is 37.3 Å². The number of aromatic nitrogens is 1. The normalized spacial score (nSPS) is 15.0. The zero-order valence-corrected chi connectivity index (χ0v) is 7.88. The second kappa shape index (κ2) is 3.75. The third kappa shape index (κ3) is 2.18. The molecule has 0 unspecified atom stereocenters. The highest BCUT2D eigenvalue weighted by Gasteiger charge is 2.09. The highest BCUT2D eigenvalue weighted by molar-refractivity contribution is 6.30. The van der Waals surface area contributed by atoms with Gasteiger partial charge in [0.15, 0.2) is 0 Å². The Morgan fingerprint density at radius 2 is 2.31 bits per heavy atom. The Kier molecular flexibility index (Phi) is 2.45. The molecule has 1 saturated carbocycles. The van der Waals surface area contributed by atoms with E-state index in [9.17, 15) is 0 Å². The predicted octanol–water partition coefficient (Wildman–Crippen LogP) is 2.69. The minimum absolute atomic E-state index is 0.673. The molecule has 0 spiro atoms. The van der Waals surface area contributed by atoms with E-state index in [0.717, 1.165) is 12.8 Å². The molecular weight excluding hydrogens is 186 g/mol. The summed E-state index contributed by atoms with van der Waals surface area (Å²) in [5, 5.41) is 4.86. The van der Waals surface area contributed by atoms with Crippen LogP contribution >= 0.6 is 11.6 Å². The molecule has 1 fully saturated rings. The minimum Gasteiger partial charge on any atom is -0.261 e. The van der Waals surface area contributed by atoms with E-state index in [1.807, 2.05) is 0 Å². The van der Waals surface area contributed by atoms with Crippen molar-refractivity contribution in [2.24, 2.45) is 5.10 Å². The van der Waals surface area contributed by atoms with Crippen molar-refractivity contribution in [3.63, 3.8) is 0 Å². The molecule has 1 N–H and O–H groups in total. The van der Waals surface area contributed by atoms with Crippen molar-refractivity contribution in [1.82, 2.24) is 4.98 Å². The Hall–Kier alpha value is -1.09. The predicted molar refractivity (Wildman–Crippen MR) is 54.2 cm³/mol. The van der Waals surface area contributed by atoms with Crippen LogP contribution in [0.1, 0.15) is 19.3 Å². The first-order chi connectivity index (χ1) is 6.34. The van der Waals surface area contributed by atoms with Crippen LogP contribution in [0.2, 0.25) is 5.02 Å². The van der Waals surface area contributed by atoms with E-state index in [0.29, 0.717) is 10.8 Å². The minimum atomic E-state index is 0.673. The van der Waals surface area contributed by atoms with Gasteiger partial charge in [0.1, 0.15) is 5.82 Å². The van der Waals surface area contributed by atoms with Crippen molar-refractivity contribution in [2.45, 2.75) is 19.3 Å². The van der Waals surface area contributed by atoms with Crippen molar-refractivity contribution >= 4 is 23.1 Å². The van der Waals surface area contributed by atoms with Gasteiger partial charge in [0.05, 0.1) is 0 Å². The van der Waals surface area contributed by atoms with Crippen LogP contribution in [0.15, 0.2) is 23.4 Å². The van der Waals surface area contributed by atoms with Gasteiger partial charge < -0.3 is 0 Å². The van der Waals surface area contributed by atoms with Gasteiger partial charge in [-0.05, 0) is 25.3 Å².